The maximum Gasteiger partial charge on any atom is 0.255 e. The van der Waals surface area contributed by atoms with Crippen LogP contribution in [0.2, 0.25) is 0 Å². The lowest BCUT2D eigenvalue weighted by molar-refractivity contribution is 0.102. The van der Waals surface area contributed by atoms with Gasteiger partial charge < -0.3 is 10.1 Å². The largest absolute Gasteiger partial charge is 0.490 e. The van der Waals surface area contributed by atoms with Crippen LogP contribution in [0.1, 0.15) is 36.7 Å². The number of rotatable bonds is 5. The molecule has 0 unspecified atom stereocenters. The molecule has 0 heterocycles. The summed E-state index contributed by atoms with van der Waals surface area (Å²) < 4.78 is 5.41. The number of nitrogens with one attached hydrogen (secondary N) is 1. The summed E-state index contributed by atoms with van der Waals surface area (Å²) in [7, 11) is 0. The summed E-state index contributed by atoms with van der Waals surface area (Å²) in [4.78, 5) is 12.3. The summed E-state index contributed by atoms with van der Waals surface area (Å²) in [5, 5.41) is 2.89. The Hall–Kier alpha value is -2.55. The summed E-state index contributed by atoms with van der Waals surface area (Å²) in [6.07, 6.45) is 1.69. The number of hydrogen-bond donors (Lipinski definition) is 1. The number of carbonyl (C=O) groups is 1. The van der Waals surface area contributed by atoms with Gasteiger partial charge in [-0.1, -0.05) is 45.6 Å². The number of amides is 1. The van der Waals surface area contributed by atoms with E-state index in [-0.39, 0.29) is 11.3 Å². The van der Waals surface area contributed by atoms with Crippen LogP contribution in [0.3, 0.4) is 0 Å². The number of ether oxygens (including phenoxy) is 1. The van der Waals surface area contributed by atoms with E-state index in [4.69, 9.17) is 4.74 Å². The molecule has 3 heteroatoms. The maximum absolute atomic E-state index is 12.3. The van der Waals surface area contributed by atoms with E-state index < -0.39 is 0 Å². The van der Waals surface area contributed by atoms with Gasteiger partial charge in [0, 0.05) is 11.3 Å². The van der Waals surface area contributed by atoms with E-state index in [1.165, 1.54) is 5.56 Å². The number of hydrogen-bond acceptors (Lipinski definition) is 2. The maximum atomic E-state index is 12.3. The minimum absolute atomic E-state index is 0.0796. The average Bonchev–Trinajstić information content (AvgIpc) is 2.53. The van der Waals surface area contributed by atoms with Gasteiger partial charge >= 0.3 is 0 Å². The molecule has 1 N–H and O–H groups in total. The second-order valence-corrected chi connectivity index (χ2v) is 6.41. The third kappa shape index (κ3) is 4.71. The Bertz CT molecular complexity index is 664. The number of anilines is 1. The highest BCUT2D eigenvalue weighted by atomic mass is 16.5. The zero-order chi connectivity index (χ0) is 16.9. The van der Waals surface area contributed by atoms with Crippen molar-refractivity contribution in [2.45, 2.75) is 26.2 Å². The molecule has 0 saturated heterocycles. The third-order valence-corrected chi connectivity index (χ3v) is 3.49. The van der Waals surface area contributed by atoms with E-state index in [1.54, 1.807) is 6.08 Å². The van der Waals surface area contributed by atoms with Crippen molar-refractivity contribution in [1.82, 2.24) is 0 Å². The van der Waals surface area contributed by atoms with E-state index in [2.05, 4.69) is 32.7 Å². The van der Waals surface area contributed by atoms with E-state index in [1.807, 2.05) is 48.5 Å². The lowest BCUT2D eigenvalue weighted by Gasteiger charge is -2.19. The Balaban J connectivity index is 2.02. The van der Waals surface area contributed by atoms with Crippen LogP contribution in [0.5, 0.6) is 5.75 Å². The molecule has 1 amide bonds. The first-order chi connectivity index (χ1) is 10.9. The Labute approximate surface area is 138 Å². The first kappa shape index (κ1) is 16.8. The number of carbonyl (C=O) groups excluding carboxylic acids is 1. The molecular formula is C20H23NO2. The average molecular weight is 309 g/mol. The fraction of sp³-hybridized carbons (Fsp3) is 0.250. The van der Waals surface area contributed by atoms with Crippen molar-refractivity contribution in [3.63, 3.8) is 0 Å². The van der Waals surface area contributed by atoms with Gasteiger partial charge in [0.05, 0.1) is 0 Å². The predicted octanol–water partition coefficient (Wildman–Crippen LogP) is 4.80. The Morgan fingerprint density at radius 2 is 1.70 bits per heavy atom. The molecule has 0 spiro atoms. The molecule has 0 aliphatic heterocycles. The van der Waals surface area contributed by atoms with Crippen molar-refractivity contribution in [3.05, 3.63) is 72.3 Å². The molecule has 0 atom stereocenters. The van der Waals surface area contributed by atoms with Crippen LogP contribution in [0.4, 0.5) is 5.69 Å². The number of benzene rings is 2. The van der Waals surface area contributed by atoms with Crippen molar-refractivity contribution < 1.29 is 9.53 Å². The monoisotopic (exact) mass is 309 g/mol. The molecule has 0 radical (unpaired) electrons. The fourth-order valence-electron chi connectivity index (χ4n) is 2.11. The van der Waals surface area contributed by atoms with Crippen LogP contribution in [-0.2, 0) is 5.41 Å². The molecule has 0 aliphatic carbocycles. The van der Waals surface area contributed by atoms with Gasteiger partial charge in [-0.3, -0.25) is 4.79 Å². The van der Waals surface area contributed by atoms with Crippen LogP contribution in [0.25, 0.3) is 0 Å². The zero-order valence-corrected chi connectivity index (χ0v) is 13.9. The van der Waals surface area contributed by atoms with Crippen LogP contribution in [0.15, 0.2) is 61.2 Å². The second kappa shape index (κ2) is 7.14. The van der Waals surface area contributed by atoms with Crippen molar-refractivity contribution in [1.29, 1.82) is 0 Å². The molecule has 23 heavy (non-hydrogen) atoms. The first-order valence-corrected chi connectivity index (χ1v) is 7.66. The Morgan fingerprint density at radius 1 is 1.09 bits per heavy atom. The normalized spacial score (nSPS) is 10.9. The highest BCUT2D eigenvalue weighted by Gasteiger charge is 2.14. The first-order valence-electron chi connectivity index (χ1n) is 7.66. The smallest absolute Gasteiger partial charge is 0.255 e. The van der Waals surface area contributed by atoms with Gasteiger partial charge in [-0.05, 0) is 47.4 Å². The molecule has 0 bridgehead atoms. The van der Waals surface area contributed by atoms with Crippen molar-refractivity contribution in [3.8, 4) is 5.75 Å². The van der Waals surface area contributed by atoms with Gasteiger partial charge in [0.1, 0.15) is 12.4 Å². The van der Waals surface area contributed by atoms with Gasteiger partial charge in [-0.25, -0.2) is 0 Å². The summed E-state index contributed by atoms with van der Waals surface area (Å²) >= 11 is 0. The van der Waals surface area contributed by atoms with Gasteiger partial charge in [0.15, 0.2) is 0 Å². The lowest BCUT2D eigenvalue weighted by Crippen LogP contribution is -2.14. The molecule has 0 aliphatic rings. The summed E-state index contributed by atoms with van der Waals surface area (Å²) in [6, 6.07) is 15.0. The van der Waals surface area contributed by atoms with Gasteiger partial charge in [0.25, 0.3) is 5.91 Å². The molecule has 3 nitrogen and oxygen atoms in total. The SMILES string of the molecule is C=CCOc1ccc(NC(=O)c2ccc(C(C)(C)C)cc2)cc1. The quantitative estimate of drug-likeness (QED) is 0.806. The molecule has 120 valence electrons. The third-order valence-electron chi connectivity index (χ3n) is 3.49. The van der Waals surface area contributed by atoms with E-state index in [0.29, 0.717) is 12.2 Å². The topological polar surface area (TPSA) is 38.3 Å². The molecule has 2 rings (SSSR count). The predicted molar refractivity (Wildman–Crippen MR) is 95.2 cm³/mol. The van der Waals surface area contributed by atoms with Crippen LogP contribution in [-0.4, -0.2) is 12.5 Å². The molecule has 0 fully saturated rings. The van der Waals surface area contributed by atoms with Crippen molar-refractivity contribution in [2.24, 2.45) is 0 Å². The standard InChI is InChI=1S/C20H23NO2/c1-5-14-23-18-12-10-17(11-13-18)21-19(22)15-6-8-16(9-7-15)20(2,3)4/h5-13H,1,14H2,2-4H3,(H,21,22). The highest BCUT2D eigenvalue weighted by Crippen LogP contribution is 2.22. The summed E-state index contributed by atoms with van der Waals surface area (Å²) in [6.45, 7) is 10.5. The highest BCUT2D eigenvalue weighted by molar-refractivity contribution is 6.04. The van der Waals surface area contributed by atoms with Gasteiger partial charge in [0.2, 0.25) is 0 Å². The van der Waals surface area contributed by atoms with Crippen molar-refractivity contribution >= 4 is 11.6 Å². The van der Waals surface area contributed by atoms with Gasteiger partial charge in [-0.15, -0.1) is 0 Å². The molecule has 0 saturated carbocycles. The molecular weight excluding hydrogens is 286 g/mol. The minimum Gasteiger partial charge on any atom is -0.490 e. The van der Waals surface area contributed by atoms with E-state index in [9.17, 15) is 4.79 Å². The molecule has 0 aromatic heterocycles. The summed E-state index contributed by atoms with van der Waals surface area (Å²) in [5.74, 6) is 0.627. The van der Waals surface area contributed by atoms with Crippen LogP contribution >= 0.6 is 0 Å². The fourth-order valence-corrected chi connectivity index (χ4v) is 2.11. The van der Waals surface area contributed by atoms with Crippen LogP contribution in [0, 0.1) is 0 Å². The minimum atomic E-state index is -0.120. The zero-order valence-electron chi connectivity index (χ0n) is 13.9. The lowest BCUT2D eigenvalue weighted by atomic mass is 9.87. The van der Waals surface area contributed by atoms with E-state index in [0.717, 1.165) is 11.4 Å². The van der Waals surface area contributed by atoms with E-state index >= 15 is 0 Å². The van der Waals surface area contributed by atoms with Gasteiger partial charge in [-0.2, -0.15) is 0 Å². The Morgan fingerprint density at radius 3 is 2.22 bits per heavy atom. The second-order valence-electron chi connectivity index (χ2n) is 6.41. The Kier molecular flexibility index (Phi) is 5.22. The molecule has 2 aromatic rings. The van der Waals surface area contributed by atoms with Crippen LogP contribution < -0.4 is 10.1 Å². The van der Waals surface area contributed by atoms with Crippen molar-refractivity contribution in [2.75, 3.05) is 11.9 Å². The molecule has 2 aromatic carbocycles. The summed E-state index contributed by atoms with van der Waals surface area (Å²) in [5.41, 5.74) is 2.67.